The molecule has 3 N–H and O–H groups in total. The SMILES string of the molecule is O=C(O)c1c(CO)cccc1CO. The number of carboxylic acid groups (broad SMARTS) is 1. The molecule has 0 radical (unpaired) electrons. The maximum absolute atomic E-state index is 10.7. The molecule has 4 heteroatoms. The van der Waals surface area contributed by atoms with Crippen molar-refractivity contribution < 1.29 is 20.1 Å². The van der Waals surface area contributed by atoms with Gasteiger partial charge in [-0.2, -0.15) is 0 Å². The first-order valence-corrected chi connectivity index (χ1v) is 3.76. The predicted octanol–water partition coefficient (Wildman–Crippen LogP) is 0.369. The van der Waals surface area contributed by atoms with Gasteiger partial charge in [0, 0.05) is 0 Å². The maximum Gasteiger partial charge on any atom is 0.336 e. The molecule has 70 valence electrons. The summed E-state index contributed by atoms with van der Waals surface area (Å²) in [5.41, 5.74) is 0.630. The van der Waals surface area contributed by atoms with Crippen molar-refractivity contribution in [2.45, 2.75) is 13.2 Å². The molecule has 0 unspecified atom stereocenters. The summed E-state index contributed by atoms with van der Waals surface area (Å²) < 4.78 is 0. The van der Waals surface area contributed by atoms with Crippen LogP contribution in [0.15, 0.2) is 18.2 Å². The van der Waals surface area contributed by atoms with E-state index in [1.165, 1.54) is 12.1 Å². The lowest BCUT2D eigenvalue weighted by Crippen LogP contribution is -2.07. The maximum atomic E-state index is 10.7. The lowest BCUT2D eigenvalue weighted by atomic mass is 10.0. The highest BCUT2D eigenvalue weighted by atomic mass is 16.4. The van der Waals surface area contributed by atoms with Crippen LogP contribution < -0.4 is 0 Å². The molecule has 0 aromatic heterocycles. The van der Waals surface area contributed by atoms with Gasteiger partial charge in [-0.25, -0.2) is 4.79 Å². The van der Waals surface area contributed by atoms with Gasteiger partial charge in [-0.15, -0.1) is 0 Å². The quantitative estimate of drug-likeness (QED) is 0.631. The molecule has 1 rings (SSSR count). The molecule has 0 aliphatic heterocycles. The summed E-state index contributed by atoms with van der Waals surface area (Å²) in [6.07, 6.45) is 0. The average Bonchev–Trinajstić information content (AvgIpc) is 2.16. The normalized spacial score (nSPS) is 10.0. The molecule has 0 aliphatic rings. The van der Waals surface area contributed by atoms with Crippen LogP contribution in [0.3, 0.4) is 0 Å². The molecule has 0 spiro atoms. The van der Waals surface area contributed by atoms with Crippen molar-refractivity contribution in [3.63, 3.8) is 0 Å². The summed E-state index contributed by atoms with van der Waals surface area (Å²) in [6, 6.07) is 4.63. The van der Waals surface area contributed by atoms with E-state index in [0.717, 1.165) is 0 Å². The van der Waals surface area contributed by atoms with E-state index in [1.807, 2.05) is 0 Å². The molecule has 0 heterocycles. The molecule has 0 aliphatic carbocycles. The number of hydrogen-bond acceptors (Lipinski definition) is 3. The molecule has 1 aromatic rings. The Morgan fingerprint density at radius 1 is 1.15 bits per heavy atom. The van der Waals surface area contributed by atoms with E-state index in [1.54, 1.807) is 6.07 Å². The summed E-state index contributed by atoms with van der Waals surface area (Å²) in [6.45, 7) is -0.676. The third-order valence-electron chi connectivity index (χ3n) is 1.79. The van der Waals surface area contributed by atoms with Crippen LogP contribution in [0.5, 0.6) is 0 Å². The van der Waals surface area contributed by atoms with Crippen molar-refractivity contribution in [2.75, 3.05) is 0 Å². The Morgan fingerprint density at radius 2 is 1.62 bits per heavy atom. The van der Waals surface area contributed by atoms with Gasteiger partial charge in [-0.1, -0.05) is 18.2 Å². The van der Waals surface area contributed by atoms with Crippen molar-refractivity contribution >= 4 is 5.97 Å². The van der Waals surface area contributed by atoms with Crippen LogP contribution in [-0.2, 0) is 13.2 Å². The number of aliphatic hydroxyl groups excluding tert-OH is 2. The smallest absolute Gasteiger partial charge is 0.336 e. The molecule has 1 aromatic carbocycles. The zero-order chi connectivity index (χ0) is 9.84. The molecule has 0 bridgehead atoms. The lowest BCUT2D eigenvalue weighted by Gasteiger charge is -2.06. The number of benzene rings is 1. The first-order valence-electron chi connectivity index (χ1n) is 3.76. The molecule has 0 amide bonds. The van der Waals surface area contributed by atoms with Crippen molar-refractivity contribution in [2.24, 2.45) is 0 Å². The molecular weight excluding hydrogens is 172 g/mol. The Kier molecular flexibility index (Phi) is 3.00. The lowest BCUT2D eigenvalue weighted by molar-refractivity contribution is 0.0689. The topological polar surface area (TPSA) is 77.8 Å². The van der Waals surface area contributed by atoms with Gasteiger partial charge in [-0.3, -0.25) is 0 Å². The van der Waals surface area contributed by atoms with E-state index in [0.29, 0.717) is 11.1 Å². The van der Waals surface area contributed by atoms with Gasteiger partial charge < -0.3 is 15.3 Å². The number of carbonyl (C=O) groups is 1. The Hall–Kier alpha value is -1.39. The Bertz CT molecular complexity index is 297. The first kappa shape index (κ1) is 9.70. The minimum atomic E-state index is -1.13. The van der Waals surface area contributed by atoms with Gasteiger partial charge >= 0.3 is 5.97 Å². The van der Waals surface area contributed by atoms with E-state index >= 15 is 0 Å². The van der Waals surface area contributed by atoms with E-state index in [9.17, 15) is 4.79 Å². The monoisotopic (exact) mass is 182 g/mol. The summed E-state index contributed by atoms with van der Waals surface area (Å²) in [5, 5.41) is 26.5. The Labute approximate surface area is 75.1 Å². The fraction of sp³-hybridized carbons (Fsp3) is 0.222. The van der Waals surface area contributed by atoms with E-state index in [-0.39, 0.29) is 18.8 Å². The van der Waals surface area contributed by atoms with Crippen molar-refractivity contribution in [3.8, 4) is 0 Å². The first-order chi connectivity index (χ1) is 6.20. The minimum Gasteiger partial charge on any atom is -0.478 e. The fourth-order valence-corrected chi connectivity index (χ4v) is 1.19. The number of carboxylic acids is 1. The second-order valence-corrected chi connectivity index (χ2v) is 2.57. The van der Waals surface area contributed by atoms with Crippen LogP contribution in [0, 0.1) is 0 Å². The molecule has 0 fully saturated rings. The largest absolute Gasteiger partial charge is 0.478 e. The van der Waals surface area contributed by atoms with Gasteiger partial charge in [0.05, 0.1) is 18.8 Å². The Balaban J connectivity index is 3.29. The second-order valence-electron chi connectivity index (χ2n) is 2.57. The third kappa shape index (κ3) is 1.85. The van der Waals surface area contributed by atoms with E-state index in [2.05, 4.69) is 0 Å². The average molecular weight is 182 g/mol. The summed E-state index contributed by atoms with van der Waals surface area (Å²) >= 11 is 0. The molecule has 0 saturated carbocycles. The van der Waals surface area contributed by atoms with Gasteiger partial charge in [0.1, 0.15) is 0 Å². The van der Waals surface area contributed by atoms with Crippen LogP contribution in [0.25, 0.3) is 0 Å². The van der Waals surface area contributed by atoms with Gasteiger partial charge in [-0.05, 0) is 11.1 Å². The van der Waals surface area contributed by atoms with Gasteiger partial charge in [0.2, 0.25) is 0 Å². The van der Waals surface area contributed by atoms with Gasteiger partial charge in [0.25, 0.3) is 0 Å². The van der Waals surface area contributed by atoms with Crippen LogP contribution in [0.2, 0.25) is 0 Å². The van der Waals surface area contributed by atoms with Crippen LogP contribution >= 0.6 is 0 Å². The fourth-order valence-electron chi connectivity index (χ4n) is 1.19. The summed E-state index contributed by atoms with van der Waals surface area (Å²) in [5.74, 6) is -1.13. The number of aliphatic hydroxyl groups is 2. The predicted molar refractivity (Wildman–Crippen MR) is 45.2 cm³/mol. The zero-order valence-electron chi connectivity index (χ0n) is 6.90. The minimum absolute atomic E-state index is 0.00694. The second kappa shape index (κ2) is 4.02. The molecule has 4 nitrogen and oxygen atoms in total. The molecule has 0 saturated heterocycles. The van der Waals surface area contributed by atoms with Crippen molar-refractivity contribution in [1.82, 2.24) is 0 Å². The van der Waals surface area contributed by atoms with Gasteiger partial charge in [0.15, 0.2) is 0 Å². The molecule has 13 heavy (non-hydrogen) atoms. The highest BCUT2D eigenvalue weighted by Crippen LogP contribution is 2.15. The number of rotatable bonds is 3. The van der Waals surface area contributed by atoms with Crippen LogP contribution in [0.4, 0.5) is 0 Å². The van der Waals surface area contributed by atoms with Crippen molar-refractivity contribution in [3.05, 3.63) is 34.9 Å². The number of hydrogen-bond donors (Lipinski definition) is 3. The van der Waals surface area contributed by atoms with Crippen LogP contribution in [0.1, 0.15) is 21.5 Å². The highest BCUT2D eigenvalue weighted by Gasteiger charge is 2.13. The zero-order valence-corrected chi connectivity index (χ0v) is 6.90. The van der Waals surface area contributed by atoms with E-state index in [4.69, 9.17) is 15.3 Å². The van der Waals surface area contributed by atoms with E-state index < -0.39 is 5.97 Å². The summed E-state index contributed by atoms with van der Waals surface area (Å²) in [4.78, 5) is 10.7. The third-order valence-corrected chi connectivity index (χ3v) is 1.79. The Morgan fingerprint density at radius 3 is 1.92 bits per heavy atom. The summed E-state index contributed by atoms with van der Waals surface area (Å²) in [7, 11) is 0. The molecular formula is C9H10O4. The standard InChI is InChI=1S/C9H10O4/c10-4-6-2-1-3-7(5-11)8(6)9(12)13/h1-3,10-11H,4-5H2,(H,12,13). The molecule has 0 atom stereocenters. The number of aromatic carboxylic acids is 1. The van der Waals surface area contributed by atoms with Crippen LogP contribution in [-0.4, -0.2) is 21.3 Å². The van der Waals surface area contributed by atoms with Crippen molar-refractivity contribution in [1.29, 1.82) is 0 Å². The highest BCUT2D eigenvalue weighted by molar-refractivity contribution is 5.91.